The van der Waals surface area contributed by atoms with Crippen molar-refractivity contribution in [3.05, 3.63) is 136 Å². The molecule has 0 fully saturated rings. The summed E-state index contributed by atoms with van der Waals surface area (Å²) in [5.74, 6) is -2.00. The minimum atomic E-state index is -0.874. The molecule has 0 saturated heterocycles. The maximum absolute atomic E-state index is 14.7. The highest BCUT2D eigenvalue weighted by Gasteiger charge is 2.26. The van der Waals surface area contributed by atoms with E-state index in [9.17, 15) is 18.8 Å². The van der Waals surface area contributed by atoms with Crippen molar-refractivity contribution >= 4 is 17.8 Å². The Labute approximate surface area is 287 Å². The van der Waals surface area contributed by atoms with Crippen LogP contribution in [0.4, 0.5) is 4.39 Å². The molecule has 0 radical (unpaired) electrons. The summed E-state index contributed by atoms with van der Waals surface area (Å²) in [6, 6.07) is 27.0. The minimum absolute atomic E-state index is 0.00444. The van der Waals surface area contributed by atoms with Crippen molar-refractivity contribution in [2.45, 2.75) is 58.4 Å². The molecule has 4 aromatic rings. The van der Waals surface area contributed by atoms with Gasteiger partial charge in [-0.25, -0.2) is 9.18 Å². The number of halogens is 1. The normalized spacial score (nSPS) is 12.2. The highest BCUT2D eigenvalue weighted by Crippen LogP contribution is 2.21. The molecule has 0 aliphatic rings. The lowest BCUT2D eigenvalue weighted by atomic mass is 10.0. The molecule has 4 aromatic carbocycles. The van der Waals surface area contributed by atoms with Crippen molar-refractivity contribution in [1.82, 2.24) is 10.2 Å². The third-order valence-electron chi connectivity index (χ3n) is 7.88. The van der Waals surface area contributed by atoms with E-state index in [1.165, 1.54) is 30.3 Å². The van der Waals surface area contributed by atoms with Gasteiger partial charge in [-0.05, 0) is 66.3 Å². The number of primary amides is 1. The SMILES string of the molecule is CCCN(CCC)C(=O)c1cc(C(N)=O)cc(C(=O)O[C@H](CNCc2ccccc2)[C@@H](N)Cc2cc(F)cc(OCc3ccccc3)c2)c1. The van der Waals surface area contributed by atoms with Gasteiger partial charge in [-0.1, -0.05) is 74.5 Å². The molecule has 2 amide bonds. The van der Waals surface area contributed by atoms with Crippen LogP contribution in [0.1, 0.15) is 74.5 Å². The number of rotatable bonds is 18. The zero-order valence-electron chi connectivity index (χ0n) is 28.1. The van der Waals surface area contributed by atoms with Crippen molar-refractivity contribution in [2.75, 3.05) is 19.6 Å². The first-order valence-corrected chi connectivity index (χ1v) is 16.6. The lowest BCUT2D eigenvalue weighted by molar-refractivity contribution is 0.0238. The fourth-order valence-electron chi connectivity index (χ4n) is 5.46. The number of ether oxygens (including phenoxy) is 2. The van der Waals surface area contributed by atoms with Crippen LogP contribution < -0.4 is 21.5 Å². The maximum atomic E-state index is 14.7. The fourth-order valence-corrected chi connectivity index (χ4v) is 5.46. The van der Waals surface area contributed by atoms with Gasteiger partial charge in [-0.3, -0.25) is 9.59 Å². The Balaban J connectivity index is 1.56. The Morgan fingerprint density at radius 1 is 0.796 bits per heavy atom. The smallest absolute Gasteiger partial charge is 0.338 e. The van der Waals surface area contributed by atoms with E-state index < -0.39 is 29.8 Å². The van der Waals surface area contributed by atoms with E-state index in [1.54, 1.807) is 11.0 Å². The average molecular weight is 669 g/mol. The average Bonchev–Trinajstić information content (AvgIpc) is 3.10. The third-order valence-corrected chi connectivity index (χ3v) is 7.88. The highest BCUT2D eigenvalue weighted by molar-refractivity contribution is 6.03. The first-order chi connectivity index (χ1) is 23.7. The monoisotopic (exact) mass is 668 g/mol. The predicted octanol–water partition coefficient (Wildman–Crippen LogP) is 5.65. The van der Waals surface area contributed by atoms with Crippen LogP contribution in [0.5, 0.6) is 5.75 Å². The molecule has 0 aliphatic heterocycles. The van der Waals surface area contributed by atoms with Gasteiger partial charge in [0.2, 0.25) is 5.91 Å². The minimum Gasteiger partial charge on any atom is -0.489 e. The summed E-state index contributed by atoms with van der Waals surface area (Å²) >= 11 is 0. The largest absolute Gasteiger partial charge is 0.489 e. The molecule has 0 saturated carbocycles. The van der Waals surface area contributed by atoms with Crippen LogP contribution in [0.15, 0.2) is 97.1 Å². The molecule has 0 heterocycles. The zero-order chi connectivity index (χ0) is 35.2. The number of amides is 2. The lowest BCUT2D eigenvalue weighted by Crippen LogP contribution is -2.46. The number of benzene rings is 4. The highest BCUT2D eigenvalue weighted by atomic mass is 19.1. The van der Waals surface area contributed by atoms with Gasteiger partial charge in [0.25, 0.3) is 5.91 Å². The number of carbonyl (C=O) groups is 3. The summed E-state index contributed by atoms with van der Waals surface area (Å²) in [6.07, 6.45) is 0.787. The molecule has 4 rings (SSSR count). The van der Waals surface area contributed by atoms with Gasteiger partial charge in [0, 0.05) is 49.4 Å². The Hall–Kier alpha value is -5.06. The van der Waals surface area contributed by atoms with E-state index >= 15 is 0 Å². The van der Waals surface area contributed by atoms with Crippen molar-refractivity contribution in [3.8, 4) is 5.75 Å². The van der Waals surface area contributed by atoms with Gasteiger partial charge < -0.3 is 31.2 Å². The van der Waals surface area contributed by atoms with Crippen molar-refractivity contribution in [2.24, 2.45) is 11.5 Å². The second-order valence-corrected chi connectivity index (χ2v) is 12.0. The quantitative estimate of drug-likeness (QED) is 0.117. The second kappa shape index (κ2) is 18.5. The van der Waals surface area contributed by atoms with Crippen LogP contribution in [-0.2, 0) is 24.3 Å². The topological polar surface area (TPSA) is 137 Å². The number of esters is 1. The van der Waals surface area contributed by atoms with Crippen LogP contribution >= 0.6 is 0 Å². The molecular weight excluding hydrogens is 623 g/mol. The van der Waals surface area contributed by atoms with E-state index in [0.29, 0.717) is 30.9 Å². The van der Waals surface area contributed by atoms with Crippen molar-refractivity contribution < 1.29 is 28.2 Å². The molecule has 49 heavy (non-hydrogen) atoms. The molecule has 10 heteroatoms. The zero-order valence-corrected chi connectivity index (χ0v) is 28.1. The summed E-state index contributed by atoms with van der Waals surface area (Å²) < 4.78 is 26.5. The van der Waals surface area contributed by atoms with E-state index in [4.69, 9.17) is 20.9 Å². The number of carbonyl (C=O) groups excluding carboxylic acids is 3. The standard InChI is InChI=1S/C39H45FN4O5/c1-3-15-44(16-4-2)38(46)31-20-30(37(42)45)21-32(22-31)39(47)49-36(25-43-24-27-11-7-5-8-12-27)35(41)19-29-17-33(40)23-34(18-29)48-26-28-13-9-6-10-14-28/h5-14,17-18,20-23,35-36,43H,3-4,15-16,19,24-26,41H2,1-2H3,(H2,42,45)/t35-,36+/m0/s1. The van der Waals surface area contributed by atoms with Crippen LogP contribution in [0.25, 0.3) is 0 Å². The molecule has 9 nitrogen and oxygen atoms in total. The molecule has 0 spiro atoms. The molecule has 0 bridgehead atoms. The van der Waals surface area contributed by atoms with Crippen molar-refractivity contribution in [1.29, 1.82) is 0 Å². The van der Waals surface area contributed by atoms with Crippen LogP contribution in [0.3, 0.4) is 0 Å². The number of nitrogens with one attached hydrogen (secondary N) is 1. The van der Waals surface area contributed by atoms with Gasteiger partial charge in [0.05, 0.1) is 5.56 Å². The van der Waals surface area contributed by atoms with Crippen LogP contribution in [-0.4, -0.2) is 54.5 Å². The third kappa shape index (κ3) is 11.3. The van der Waals surface area contributed by atoms with Crippen LogP contribution in [0.2, 0.25) is 0 Å². The number of hydrogen-bond acceptors (Lipinski definition) is 7. The second-order valence-electron chi connectivity index (χ2n) is 12.0. The van der Waals surface area contributed by atoms with E-state index in [2.05, 4.69) is 5.32 Å². The Kier molecular flexibility index (Phi) is 13.9. The van der Waals surface area contributed by atoms with Crippen molar-refractivity contribution in [3.63, 3.8) is 0 Å². The Bertz CT molecular complexity index is 1680. The summed E-state index contributed by atoms with van der Waals surface area (Å²) in [5, 5.41) is 3.30. The lowest BCUT2D eigenvalue weighted by Gasteiger charge is -2.25. The number of nitrogens with two attached hydrogens (primary N) is 2. The molecule has 5 N–H and O–H groups in total. The van der Waals surface area contributed by atoms with Gasteiger partial charge in [-0.15, -0.1) is 0 Å². The summed E-state index contributed by atoms with van der Waals surface area (Å²) in [5.41, 5.74) is 15.0. The van der Waals surface area contributed by atoms with E-state index in [1.807, 2.05) is 74.5 Å². The molecular formula is C39H45FN4O5. The number of hydrogen-bond donors (Lipinski definition) is 3. The van der Waals surface area contributed by atoms with Crippen LogP contribution in [0, 0.1) is 5.82 Å². The molecule has 0 aromatic heterocycles. The molecule has 258 valence electrons. The van der Waals surface area contributed by atoms with Gasteiger partial charge in [0.1, 0.15) is 24.3 Å². The first kappa shape index (κ1) is 36.8. The fraction of sp³-hybridized carbons (Fsp3) is 0.308. The summed E-state index contributed by atoms with van der Waals surface area (Å²) in [4.78, 5) is 41.0. The molecule has 2 atom stereocenters. The molecule has 0 unspecified atom stereocenters. The first-order valence-electron chi connectivity index (χ1n) is 16.6. The van der Waals surface area contributed by atoms with Gasteiger partial charge >= 0.3 is 5.97 Å². The van der Waals surface area contributed by atoms with E-state index in [-0.39, 0.29) is 42.2 Å². The Morgan fingerprint density at radius 3 is 2.04 bits per heavy atom. The predicted molar refractivity (Wildman–Crippen MR) is 188 cm³/mol. The van der Waals surface area contributed by atoms with E-state index in [0.717, 1.165) is 24.0 Å². The number of nitrogens with zero attached hydrogens (tertiary/aromatic N) is 1. The Morgan fingerprint density at radius 2 is 1.41 bits per heavy atom. The molecule has 0 aliphatic carbocycles. The van der Waals surface area contributed by atoms with Gasteiger partial charge in [0.15, 0.2) is 0 Å². The summed E-state index contributed by atoms with van der Waals surface area (Å²) in [7, 11) is 0. The summed E-state index contributed by atoms with van der Waals surface area (Å²) in [6.45, 7) is 5.91. The maximum Gasteiger partial charge on any atom is 0.338 e. The van der Waals surface area contributed by atoms with Gasteiger partial charge in [-0.2, -0.15) is 0 Å².